The lowest BCUT2D eigenvalue weighted by Crippen LogP contribution is -2.03. The van der Waals surface area contributed by atoms with Crippen molar-refractivity contribution in [2.24, 2.45) is 0 Å². The second-order valence-corrected chi connectivity index (χ2v) is 4.23. The summed E-state index contributed by atoms with van der Waals surface area (Å²) in [5, 5.41) is 2.90. The van der Waals surface area contributed by atoms with Gasteiger partial charge in [-0.05, 0) is 25.5 Å². The third-order valence-electron chi connectivity index (χ3n) is 2.30. The Kier molecular flexibility index (Phi) is 2.73. The summed E-state index contributed by atoms with van der Waals surface area (Å²) < 4.78 is 6.15. The van der Waals surface area contributed by atoms with E-state index >= 15 is 0 Å². The van der Waals surface area contributed by atoms with Crippen molar-refractivity contribution in [2.75, 3.05) is 6.61 Å². The summed E-state index contributed by atoms with van der Waals surface area (Å²) >= 11 is 1.58. The molecule has 0 fully saturated rings. The third-order valence-corrected chi connectivity index (χ3v) is 3.25. The Morgan fingerprint density at radius 3 is 3.00 bits per heavy atom. The molecule has 1 aromatic heterocycles. The minimum absolute atomic E-state index is 0.224. The fraction of sp³-hybridized carbons (Fsp3) is 0.250. The maximum absolute atomic E-state index is 11.7. The van der Waals surface area contributed by atoms with Crippen LogP contribution in [0.4, 0.5) is 0 Å². The zero-order valence-electron chi connectivity index (χ0n) is 8.74. The number of benzene rings is 1. The molecular weight excluding hydrogens is 208 g/mol. The van der Waals surface area contributed by atoms with E-state index < -0.39 is 0 Å². The predicted octanol–water partition coefficient (Wildman–Crippen LogP) is 3.39. The van der Waals surface area contributed by atoms with Crippen LogP contribution in [0.25, 0.3) is 10.1 Å². The first-order chi connectivity index (χ1) is 7.24. The van der Waals surface area contributed by atoms with Gasteiger partial charge in [0.15, 0.2) is 0 Å². The van der Waals surface area contributed by atoms with E-state index in [2.05, 4.69) is 0 Å². The molecule has 0 saturated heterocycles. The molecule has 1 aromatic carbocycles. The summed E-state index contributed by atoms with van der Waals surface area (Å²) in [5.74, 6) is -0.224. The smallest absolute Gasteiger partial charge is 0.339 e. The van der Waals surface area contributed by atoms with E-state index in [-0.39, 0.29) is 5.97 Å². The molecule has 78 valence electrons. The van der Waals surface area contributed by atoms with Gasteiger partial charge in [0.1, 0.15) is 0 Å². The average Bonchev–Trinajstić information content (AvgIpc) is 2.63. The van der Waals surface area contributed by atoms with Crippen molar-refractivity contribution in [1.29, 1.82) is 0 Å². The van der Waals surface area contributed by atoms with E-state index in [4.69, 9.17) is 4.74 Å². The molecule has 0 aliphatic carbocycles. The fourth-order valence-electron chi connectivity index (χ4n) is 1.62. The Hall–Kier alpha value is -1.35. The van der Waals surface area contributed by atoms with Crippen LogP contribution in [0.1, 0.15) is 22.8 Å². The van der Waals surface area contributed by atoms with Crippen molar-refractivity contribution >= 4 is 27.4 Å². The van der Waals surface area contributed by atoms with E-state index in [1.165, 1.54) is 0 Å². The number of rotatable bonds is 2. The summed E-state index contributed by atoms with van der Waals surface area (Å²) in [6.45, 7) is 4.25. The van der Waals surface area contributed by atoms with Crippen LogP contribution in [0.2, 0.25) is 0 Å². The van der Waals surface area contributed by atoms with Gasteiger partial charge in [-0.15, -0.1) is 11.3 Å². The number of ether oxygens (including phenoxy) is 1. The molecule has 2 aromatic rings. The second-order valence-electron chi connectivity index (χ2n) is 3.32. The Labute approximate surface area is 92.5 Å². The lowest BCUT2D eigenvalue weighted by atomic mass is 10.1. The van der Waals surface area contributed by atoms with Crippen LogP contribution in [-0.4, -0.2) is 12.6 Å². The maximum atomic E-state index is 11.7. The summed E-state index contributed by atoms with van der Waals surface area (Å²) in [7, 11) is 0. The van der Waals surface area contributed by atoms with Crippen molar-refractivity contribution in [3.05, 3.63) is 34.7 Å². The molecule has 15 heavy (non-hydrogen) atoms. The number of carbonyl (C=O) groups is 1. The molecule has 0 N–H and O–H groups in total. The lowest BCUT2D eigenvalue weighted by molar-refractivity contribution is 0.0529. The molecule has 3 heteroatoms. The van der Waals surface area contributed by atoms with Crippen LogP contribution >= 0.6 is 11.3 Å². The topological polar surface area (TPSA) is 26.3 Å². The van der Waals surface area contributed by atoms with Crippen molar-refractivity contribution in [2.45, 2.75) is 13.8 Å². The third kappa shape index (κ3) is 1.75. The maximum Gasteiger partial charge on any atom is 0.339 e. The number of esters is 1. The molecule has 0 unspecified atom stereocenters. The molecule has 2 rings (SSSR count). The van der Waals surface area contributed by atoms with E-state index in [0.717, 1.165) is 15.6 Å². The second kappa shape index (κ2) is 4.03. The zero-order chi connectivity index (χ0) is 10.8. The van der Waals surface area contributed by atoms with Gasteiger partial charge in [0, 0.05) is 15.5 Å². The van der Waals surface area contributed by atoms with Gasteiger partial charge in [0.25, 0.3) is 0 Å². The van der Waals surface area contributed by atoms with Gasteiger partial charge in [-0.1, -0.05) is 12.1 Å². The number of hydrogen-bond acceptors (Lipinski definition) is 3. The first-order valence-electron chi connectivity index (χ1n) is 4.88. The highest BCUT2D eigenvalue weighted by Crippen LogP contribution is 2.29. The minimum atomic E-state index is -0.224. The Morgan fingerprint density at radius 1 is 1.47 bits per heavy atom. The normalized spacial score (nSPS) is 10.5. The molecule has 0 aliphatic rings. The van der Waals surface area contributed by atoms with E-state index in [0.29, 0.717) is 12.2 Å². The Bertz CT molecular complexity index is 499. The minimum Gasteiger partial charge on any atom is -0.462 e. The van der Waals surface area contributed by atoms with Crippen molar-refractivity contribution in [3.63, 3.8) is 0 Å². The number of carbonyl (C=O) groups excluding carboxylic acids is 1. The molecule has 1 heterocycles. The molecular formula is C12H12O2S. The molecule has 0 saturated carbocycles. The van der Waals surface area contributed by atoms with Crippen LogP contribution in [0, 0.1) is 6.92 Å². The number of thiophene rings is 1. The van der Waals surface area contributed by atoms with Crippen molar-refractivity contribution in [1.82, 2.24) is 0 Å². The van der Waals surface area contributed by atoms with E-state index in [1.54, 1.807) is 11.3 Å². The summed E-state index contributed by atoms with van der Waals surface area (Å²) in [4.78, 5) is 11.7. The molecule has 0 bridgehead atoms. The van der Waals surface area contributed by atoms with Gasteiger partial charge in [-0.2, -0.15) is 0 Å². The van der Waals surface area contributed by atoms with E-state index in [9.17, 15) is 4.79 Å². The lowest BCUT2D eigenvalue weighted by Gasteiger charge is -2.01. The van der Waals surface area contributed by atoms with Gasteiger partial charge in [-0.3, -0.25) is 0 Å². The fourth-order valence-corrected chi connectivity index (χ4v) is 2.63. The standard InChI is InChI=1S/C12H12O2S/c1-3-14-12(13)9-7-15-10-6-4-5-8(2)11(9)10/h4-7H,3H2,1-2H3. The van der Waals surface area contributed by atoms with Gasteiger partial charge < -0.3 is 4.74 Å². The molecule has 0 radical (unpaired) electrons. The van der Waals surface area contributed by atoms with Crippen molar-refractivity contribution in [3.8, 4) is 0 Å². The Balaban J connectivity index is 2.57. The monoisotopic (exact) mass is 220 g/mol. The van der Waals surface area contributed by atoms with Crippen LogP contribution in [0.3, 0.4) is 0 Å². The van der Waals surface area contributed by atoms with Crippen LogP contribution in [0.15, 0.2) is 23.6 Å². The van der Waals surface area contributed by atoms with Gasteiger partial charge >= 0.3 is 5.97 Å². The Morgan fingerprint density at radius 2 is 2.27 bits per heavy atom. The van der Waals surface area contributed by atoms with E-state index in [1.807, 2.05) is 37.4 Å². The molecule has 0 aliphatic heterocycles. The van der Waals surface area contributed by atoms with Gasteiger partial charge in [-0.25, -0.2) is 4.79 Å². The van der Waals surface area contributed by atoms with Crippen LogP contribution in [0.5, 0.6) is 0 Å². The van der Waals surface area contributed by atoms with Crippen LogP contribution < -0.4 is 0 Å². The molecule has 2 nitrogen and oxygen atoms in total. The zero-order valence-corrected chi connectivity index (χ0v) is 9.56. The van der Waals surface area contributed by atoms with Crippen LogP contribution in [-0.2, 0) is 4.74 Å². The number of hydrogen-bond donors (Lipinski definition) is 0. The molecule has 0 amide bonds. The summed E-state index contributed by atoms with van der Waals surface area (Å²) in [6.07, 6.45) is 0. The number of fused-ring (bicyclic) bond motifs is 1. The predicted molar refractivity (Wildman–Crippen MR) is 62.5 cm³/mol. The summed E-state index contributed by atoms with van der Waals surface area (Å²) in [6, 6.07) is 6.04. The highest BCUT2D eigenvalue weighted by molar-refractivity contribution is 7.17. The molecule has 0 atom stereocenters. The highest BCUT2D eigenvalue weighted by atomic mass is 32.1. The van der Waals surface area contributed by atoms with Gasteiger partial charge in [0.05, 0.1) is 12.2 Å². The first-order valence-corrected chi connectivity index (χ1v) is 5.76. The summed E-state index contributed by atoms with van der Waals surface area (Å²) in [5.41, 5.74) is 1.81. The quantitative estimate of drug-likeness (QED) is 0.725. The van der Waals surface area contributed by atoms with Crippen molar-refractivity contribution < 1.29 is 9.53 Å². The molecule has 0 spiro atoms. The SMILES string of the molecule is CCOC(=O)c1csc2cccc(C)c12. The first kappa shape index (κ1) is 10.2. The number of aryl methyl sites for hydroxylation is 1. The largest absolute Gasteiger partial charge is 0.462 e. The average molecular weight is 220 g/mol. The highest BCUT2D eigenvalue weighted by Gasteiger charge is 2.14. The van der Waals surface area contributed by atoms with Gasteiger partial charge in [0.2, 0.25) is 0 Å².